The first-order chi connectivity index (χ1) is 11.3. The number of hydrogen-bond acceptors (Lipinski definition) is 2. The van der Waals surface area contributed by atoms with Crippen LogP contribution >= 0.6 is 11.6 Å². The van der Waals surface area contributed by atoms with Gasteiger partial charge in [-0.3, -0.25) is 9.20 Å². The lowest BCUT2D eigenvalue weighted by molar-refractivity contribution is 0.295. The van der Waals surface area contributed by atoms with Crippen LogP contribution in [0.5, 0.6) is 0 Å². The zero-order chi connectivity index (χ0) is 18.0. The average Bonchev–Trinajstić information content (AvgIpc) is 3.00. The van der Waals surface area contributed by atoms with E-state index >= 15 is 0 Å². The van der Waals surface area contributed by atoms with E-state index in [1.54, 1.807) is 6.92 Å². The zero-order valence-electron chi connectivity index (χ0n) is 12.0. The van der Waals surface area contributed by atoms with Gasteiger partial charge in [0.25, 0.3) is 5.56 Å². The van der Waals surface area contributed by atoms with E-state index < -0.39 is 30.1 Å². The molecule has 3 aromatic rings. The van der Waals surface area contributed by atoms with Crippen LogP contribution in [0.3, 0.4) is 0 Å². The summed E-state index contributed by atoms with van der Waals surface area (Å²) in [5.74, 6) is -4.08. The molecule has 0 fully saturated rings. The Bertz CT molecular complexity index is 954. The van der Waals surface area contributed by atoms with Crippen molar-refractivity contribution in [1.82, 2.24) is 14.0 Å². The van der Waals surface area contributed by atoms with Crippen LogP contribution in [-0.4, -0.2) is 20.9 Å². The quantitative estimate of drug-likeness (QED) is 0.487. The Balaban J connectivity index is 0.000000647. The third-order valence-corrected chi connectivity index (χ3v) is 3.48. The van der Waals surface area contributed by atoms with Crippen molar-refractivity contribution in [3.05, 3.63) is 63.0 Å². The fourth-order valence-electron chi connectivity index (χ4n) is 2.03. The van der Waals surface area contributed by atoms with E-state index in [0.29, 0.717) is 10.1 Å². The van der Waals surface area contributed by atoms with Crippen molar-refractivity contribution < 1.29 is 22.0 Å². The topological polar surface area (TPSA) is 39.3 Å². The van der Waals surface area contributed by atoms with E-state index in [4.69, 9.17) is 11.6 Å². The van der Waals surface area contributed by atoms with Gasteiger partial charge in [-0.05, 0) is 24.6 Å². The van der Waals surface area contributed by atoms with Crippen LogP contribution in [0.25, 0.3) is 11.5 Å². The Morgan fingerprint density at radius 1 is 1.21 bits per heavy atom. The summed E-state index contributed by atoms with van der Waals surface area (Å²) in [6, 6.07) is 2.27. The van der Waals surface area contributed by atoms with Crippen molar-refractivity contribution in [3.8, 4) is 5.69 Å². The van der Waals surface area contributed by atoms with Crippen LogP contribution in [0.1, 0.15) is 5.56 Å². The summed E-state index contributed by atoms with van der Waals surface area (Å²) >= 11 is 5.78. The lowest BCUT2D eigenvalue weighted by atomic mass is 10.2. The molecule has 0 saturated heterocycles. The molecule has 4 nitrogen and oxygen atoms in total. The molecule has 0 saturated carbocycles. The molecular formula is C14H9ClF5N3O. The van der Waals surface area contributed by atoms with E-state index in [0.717, 1.165) is 16.7 Å². The van der Waals surface area contributed by atoms with Crippen molar-refractivity contribution in [2.24, 2.45) is 0 Å². The predicted molar refractivity (Wildman–Crippen MR) is 77.5 cm³/mol. The molecule has 0 radical (unpaired) electrons. The molecule has 0 atom stereocenters. The Hall–Kier alpha value is -2.42. The maximum absolute atomic E-state index is 14.1. The summed E-state index contributed by atoms with van der Waals surface area (Å²) in [6.45, 7) is -0.154. The second-order valence-corrected chi connectivity index (χ2v) is 4.90. The lowest BCUT2D eigenvalue weighted by Crippen LogP contribution is -2.27. The van der Waals surface area contributed by atoms with E-state index in [-0.39, 0.29) is 16.5 Å². The molecule has 0 amide bonds. The van der Waals surface area contributed by atoms with Gasteiger partial charge < -0.3 is 0 Å². The third-order valence-electron chi connectivity index (χ3n) is 3.07. The van der Waals surface area contributed by atoms with Gasteiger partial charge in [0.15, 0.2) is 0 Å². The maximum Gasteiger partial charge on any atom is 0.298 e. The van der Waals surface area contributed by atoms with Crippen LogP contribution in [0, 0.1) is 24.5 Å². The third kappa shape index (κ3) is 2.99. The molecule has 3 rings (SSSR count). The van der Waals surface area contributed by atoms with E-state index in [9.17, 15) is 26.7 Å². The smallest absolute Gasteiger partial charge is 0.265 e. The first kappa shape index (κ1) is 17.9. The first-order valence-corrected chi connectivity index (χ1v) is 6.72. The number of aryl methyl sites for hydroxylation is 1. The van der Waals surface area contributed by atoms with Crippen LogP contribution < -0.4 is 5.56 Å². The average molecular weight is 366 g/mol. The molecule has 128 valence electrons. The standard InChI is InChI=1S/C13H7ClF3N3O.CH2F2/c1-6-4-9(8(15)5-7(6)14)20-12(21)10(16)11(17)19-3-2-18-13(19)20;2-1-3/h2-5H,1H3;1H2. The first-order valence-electron chi connectivity index (χ1n) is 6.34. The molecule has 0 aliphatic carbocycles. The monoisotopic (exact) mass is 365 g/mol. The second kappa shape index (κ2) is 7.00. The summed E-state index contributed by atoms with van der Waals surface area (Å²) in [5.41, 5.74) is -1.10. The van der Waals surface area contributed by atoms with Gasteiger partial charge in [-0.25, -0.2) is 22.7 Å². The molecule has 0 bridgehead atoms. The Morgan fingerprint density at radius 2 is 1.83 bits per heavy atom. The van der Waals surface area contributed by atoms with Crippen molar-refractivity contribution in [1.29, 1.82) is 0 Å². The van der Waals surface area contributed by atoms with Gasteiger partial charge in [0.2, 0.25) is 24.5 Å². The second-order valence-electron chi connectivity index (χ2n) is 4.50. The Morgan fingerprint density at radius 3 is 2.46 bits per heavy atom. The largest absolute Gasteiger partial charge is 0.298 e. The molecule has 0 N–H and O–H groups in total. The van der Waals surface area contributed by atoms with Crippen LogP contribution in [0.4, 0.5) is 22.0 Å². The van der Waals surface area contributed by atoms with Crippen molar-refractivity contribution >= 4 is 17.4 Å². The minimum atomic E-state index is -1.75. The highest BCUT2D eigenvalue weighted by Crippen LogP contribution is 2.23. The molecule has 0 aliphatic heterocycles. The summed E-state index contributed by atoms with van der Waals surface area (Å²) < 4.78 is 62.0. The number of hydrogen-bond donors (Lipinski definition) is 0. The molecule has 0 spiro atoms. The molecule has 10 heteroatoms. The van der Waals surface area contributed by atoms with Gasteiger partial charge in [-0.1, -0.05) is 11.6 Å². The highest BCUT2D eigenvalue weighted by atomic mass is 35.5. The Kier molecular flexibility index (Phi) is 5.23. The van der Waals surface area contributed by atoms with Crippen LogP contribution in [-0.2, 0) is 0 Å². The minimum absolute atomic E-state index is 0.159. The molecule has 1 aromatic carbocycles. The number of imidazole rings is 1. The number of rotatable bonds is 1. The van der Waals surface area contributed by atoms with Gasteiger partial charge in [-0.15, -0.1) is 0 Å². The number of aromatic nitrogens is 3. The van der Waals surface area contributed by atoms with Crippen molar-refractivity contribution in [2.45, 2.75) is 6.92 Å². The highest BCUT2D eigenvalue weighted by Gasteiger charge is 2.21. The van der Waals surface area contributed by atoms with E-state index in [1.807, 2.05) is 0 Å². The van der Waals surface area contributed by atoms with Gasteiger partial charge >= 0.3 is 0 Å². The molecule has 0 unspecified atom stereocenters. The van der Waals surface area contributed by atoms with E-state index in [1.165, 1.54) is 12.3 Å². The predicted octanol–water partition coefficient (Wildman–Crippen LogP) is 3.75. The summed E-state index contributed by atoms with van der Waals surface area (Å²) in [4.78, 5) is 15.7. The number of fused-ring (bicyclic) bond motifs is 1. The fraction of sp³-hybridized carbons (Fsp3) is 0.143. The van der Waals surface area contributed by atoms with Gasteiger partial charge in [0, 0.05) is 17.4 Å². The van der Waals surface area contributed by atoms with Crippen molar-refractivity contribution in [3.63, 3.8) is 0 Å². The normalized spacial score (nSPS) is 10.6. The number of nitrogens with zero attached hydrogens (tertiary/aromatic N) is 3. The zero-order valence-corrected chi connectivity index (χ0v) is 12.8. The van der Waals surface area contributed by atoms with Crippen LogP contribution in [0.2, 0.25) is 5.02 Å². The van der Waals surface area contributed by atoms with Gasteiger partial charge in [0.05, 0.1) is 5.69 Å². The number of halogens is 6. The molecule has 24 heavy (non-hydrogen) atoms. The summed E-state index contributed by atoms with van der Waals surface area (Å²) in [6.07, 6.45) is 2.30. The molecule has 0 aliphatic rings. The lowest BCUT2D eigenvalue weighted by Gasteiger charge is -2.11. The SMILES string of the molecule is Cc1cc(-n2c(=O)c(F)c(F)n3ccnc23)c(F)cc1Cl.FCF. The highest BCUT2D eigenvalue weighted by molar-refractivity contribution is 6.31. The van der Waals surface area contributed by atoms with Gasteiger partial charge in [-0.2, -0.15) is 8.78 Å². The number of alkyl halides is 2. The maximum atomic E-state index is 14.1. The Labute approximate surface area is 136 Å². The summed E-state index contributed by atoms with van der Waals surface area (Å²) in [5, 5.41) is 0.159. The molecule has 2 aromatic heterocycles. The molecule has 2 heterocycles. The number of benzene rings is 1. The summed E-state index contributed by atoms with van der Waals surface area (Å²) in [7, 11) is 0. The van der Waals surface area contributed by atoms with Crippen molar-refractivity contribution in [2.75, 3.05) is 6.93 Å². The fourth-order valence-corrected chi connectivity index (χ4v) is 2.18. The van der Waals surface area contributed by atoms with Crippen LogP contribution in [0.15, 0.2) is 29.3 Å². The minimum Gasteiger partial charge on any atom is -0.265 e. The van der Waals surface area contributed by atoms with Gasteiger partial charge in [0.1, 0.15) is 5.82 Å². The molecular weight excluding hydrogens is 357 g/mol. The van der Waals surface area contributed by atoms with E-state index in [2.05, 4.69) is 4.98 Å².